The summed E-state index contributed by atoms with van der Waals surface area (Å²) in [4.78, 5) is 14.9. The molecule has 0 N–H and O–H groups in total. The van der Waals surface area contributed by atoms with Gasteiger partial charge in [0.15, 0.2) is 0 Å². The van der Waals surface area contributed by atoms with Crippen molar-refractivity contribution in [3.63, 3.8) is 0 Å². The molecular weight excluding hydrogens is 370 g/mol. The highest BCUT2D eigenvalue weighted by atomic mass is 16.6. The summed E-state index contributed by atoms with van der Waals surface area (Å²) in [7, 11) is 0. The van der Waals surface area contributed by atoms with Crippen LogP contribution in [0.25, 0.3) is 0 Å². The number of carbonyl (C=O) groups excluding carboxylic acids is 1. The lowest BCUT2D eigenvalue weighted by Gasteiger charge is -2.32. The van der Waals surface area contributed by atoms with Gasteiger partial charge in [-0.1, -0.05) is 40.0 Å². The van der Waals surface area contributed by atoms with Gasteiger partial charge in [0, 0.05) is 19.8 Å². The molecule has 1 amide bonds. The monoisotopic (exact) mass is 415 g/mol. The molecule has 6 heteroatoms. The maximum atomic E-state index is 13.1. The van der Waals surface area contributed by atoms with Gasteiger partial charge in [-0.15, -0.1) is 0 Å². The number of unbranched alkanes of at least 4 members (excludes halogenated alkanes) is 3. The van der Waals surface area contributed by atoms with Gasteiger partial charge in [0.05, 0.1) is 18.7 Å². The van der Waals surface area contributed by atoms with E-state index < -0.39 is 5.60 Å². The van der Waals surface area contributed by atoms with Gasteiger partial charge in [0.2, 0.25) is 0 Å². The van der Waals surface area contributed by atoms with Crippen molar-refractivity contribution in [1.82, 2.24) is 4.90 Å². The van der Waals surface area contributed by atoms with Gasteiger partial charge in [-0.2, -0.15) is 0 Å². The summed E-state index contributed by atoms with van der Waals surface area (Å²) in [6.45, 7) is 16.6. The van der Waals surface area contributed by atoms with Gasteiger partial charge in [-0.05, 0) is 47.0 Å². The summed E-state index contributed by atoms with van der Waals surface area (Å²) in [6.07, 6.45) is 5.51. The van der Waals surface area contributed by atoms with E-state index in [9.17, 15) is 4.79 Å². The van der Waals surface area contributed by atoms with E-state index in [1.165, 1.54) is 0 Å². The zero-order chi connectivity index (χ0) is 21.9. The number of hydrogen-bond donors (Lipinski definition) is 0. The minimum absolute atomic E-state index is 0.131. The molecule has 0 aromatic rings. The van der Waals surface area contributed by atoms with Crippen LogP contribution >= 0.6 is 0 Å². The van der Waals surface area contributed by atoms with Gasteiger partial charge in [0.1, 0.15) is 17.8 Å². The van der Waals surface area contributed by atoms with Crippen molar-refractivity contribution in [2.24, 2.45) is 0 Å². The van der Waals surface area contributed by atoms with Crippen LogP contribution in [0.15, 0.2) is 0 Å². The van der Waals surface area contributed by atoms with Crippen molar-refractivity contribution in [1.29, 1.82) is 0 Å². The number of hydrogen-bond acceptors (Lipinski definition) is 5. The summed E-state index contributed by atoms with van der Waals surface area (Å²) in [6, 6.07) is -0.340. The van der Waals surface area contributed by atoms with Crippen LogP contribution in [-0.2, 0) is 18.9 Å². The van der Waals surface area contributed by atoms with Crippen LogP contribution in [0.5, 0.6) is 0 Å². The van der Waals surface area contributed by atoms with Gasteiger partial charge in [0.25, 0.3) is 0 Å². The fourth-order valence-corrected chi connectivity index (χ4v) is 3.52. The Morgan fingerprint density at radius 1 is 0.862 bits per heavy atom. The molecule has 0 aromatic carbocycles. The van der Waals surface area contributed by atoms with E-state index in [-0.39, 0.29) is 30.4 Å². The molecular formula is C23H45NO5. The Kier molecular flexibility index (Phi) is 12.1. The van der Waals surface area contributed by atoms with Crippen LogP contribution < -0.4 is 0 Å². The maximum absolute atomic E-state index is 13.1. The Balaban J connectivity index is 3.02. The maximum Gasteiger partial charge on any atom is 0.411 e. The lowest BCUT2D eigenvalue weighted by atomic mass is 10.1. The van der Waals surface area contributed by atoms with Crippen LogP contribution in [0.2, 0.25) is 0 Å². The van der Waals surface area contributed by atoms with Crippen LogP contribution in [0.4, 0.5) is 4.79 Å². The highest BCUT2D eigenvalue weighted by Gasteiger charge is 2.51. The Labute approximate surface area is 178 Å². The van der Waals surface area contributed by atoms with Crippen molar-refractivity contribution in [3.05, 3.63) is 0 Å². The Morgan fingerprint density at radius 2 is 1.38 bits per heavy atom. The molecule has 1 aliphatic rings. The van der Waals surface area contributed by atoms with E-state index in [2.05, 4.69) is 20.8 Å². The predicted octanol–water partition coefficient (Wildman–Crippen LogP) is 5.18. The van der Waals surface area contributed by atoms with Crippen LogP contribution in [0.3, 0.4) is 0 Å². The van der Waals surface area contributed by atoms with E-state index in [0.29, 0.717) is 26.4 Å². The molecule has 0 radical (unpaired) electrons. The number of rotatable bonds is 13. The summed E-state index contributed by atoms with van der Waals surface area (Å²) in [5.41, 5.74) is -0.551. The normalized spacial score (nSPS) is 24.9. The second-order valence-electron chi connectivity index (χ2n) is 9.00. The quantitative estimate of drug-likeness (QED) is 0.388. The summed E-state index contributed by atoms with van der Waals surface area (Å²) in [5, 5.41) is 0. The lowest BCUT2D eigenvalue weighted by Crippen LogP contribution is -2.47. The highest BCUT2D eigenvalue weighted by molar-refractivity contribution is 5.70. The van der Waals surface area contributed by atoms with Gasteiger partial charge >= 0.3 is 6.09 Å². The van der Waals surface area contributed by atoms with Crippen molar-refractivity contribution >= 4 is 6.09 Å². The molecule has 1 rings (SSSR count). The number of nitrogens with zero attached hydrogens (tertiary/aromatic N) is 1. The molecule has 1 unspecified atom stereocenters. The minimum Gasteiger partial charge on any atom is -0.444 e. The third kappa shape index (κ3) is 8.81. The van der Waals surface area contributed by atoms with E-state index in [1.54, 1.807) is 4.90 Å². The number of ether oxygens (including phenoxy) is 4. The largest absolute Gasteiger partial charge is 0.444 e. The average Bonchev–Trinajstić information content (AvgIpc) is 2.89. The SMILES string of the molecule is CCCCOCC1[C@@H](OCCCC)[C@H](OCCCC)[C@@H](C)N1C(=O)OC(C)(C)C. The van der Waals surface area contributed by atoms with Gasteiger partial charge in [-0.25, -0.2) is 4.79 Å². The summed E-state index contributed by atoms with van der Waals surface area (Å²) in [5.74, 6) is 0. The van der Waals surface area contributed by atoms with Crippen LogP contribution in [0, 0.1) is 0 Å². The van der Waals surface area contributed by atoms with E-state index in [4.69, 9.17) is 18.9 Å². The highest BCUT2D eigenvalue weighted by Crippen LogP contribution is 2.32. The third-order valence-corrected chi connectivity index (χ3v) is 5.13. The average molecular weight is 416 g/mol. The smallest absolute Gasteiger partial charge is 0.411 e. The molecule has 1 aliphatic heterocycles. The molecule has 6 nitrogen and oxygen atoms in total. The number of amides is 1. The molecule has 0 aromatic heterocycles. The molecule has 172 valence electrons. The van der Waals surface area contributed by atoms with Crippen molar-refractivity contribution in [3.8, 4) is 0 Å². The fourth-order valence-electron chi connectivity index (χ4n) is 3.52. The van der Waals surface area contributed by atoms with Gasteiger partial charge in [-0.3, -0.25) is 4.90 Å². The first-order valence-corrected chi connectivity index (χ1v) is 11.6. The lowest BCUT2D eigenvalue weighted by molar-refractivity contribution is -0.0746. The van der Waals surface area contributed by atoms with Crippen molar-refractivity contribution in [2.45, 2.75) is 117 Å². The summed E-state index contributed by atoms with van der Waals surface area (Å²) < 4.78 is 24.2. The zero-order valence-electron chi connectivity index (χ0n) is 19.9. The number of carbonyl (C=O) groups is 1. The molecule has 0 aliphatic carbocycles. The first-order valence-electron chi connectivity index (χ1n) is 11.6. The van der Waals surface area contributed by atoms with E-state index in [0.717, 1.165) is 38.5 Å². The van der Waals surface area contributed by atoms with Crippen LogP contribution in [-0.4, -0.2) is 67.3 Å². The first kappa shape index (κ1) is 26.2. The molecule has 0 spiro atoms. The predicted molar refractivity (Wildman–Crippen MR) is 116 cm³/mol. The second kappa shape index (κ2) is 13.5. The molecule has 0 bridgehead atoms. The zero-order valence-corrected chi connectivity index (χ0v) is 19.9. The Hall–Kier alpha value is -0.850. The van der Waals surface area contributed by atoms with Crippen molar-refractivity contribution < 1.29 is 23.7 Å². The standard InChI is InChI=1S/C23H45NO5/c1-8-11-14-26-17-19-21(28-16-13-10-3)20(27-15-12-9-2)18(4)24(19)22(25)29-23(5,6)7/h18-21H,8-17H2,1-7H3/t18-,19?,20-,21-/m1/s1. The Morgan fingerprint density at radius 3 is 1.90 bits per heavy atom. The first-order chi connectivity index (χ1) is 13.8. The van der Waals surface area contributed by atoms with E-state index in [1.807, 2.05) is 27.7 Å². The molecule has 1 heterocycles. The van der Waals surface area contributed by atoms with Crippen molar-refractivity contribution in [2.75, 3.05) is 26.4 Å². The van der Waals surface area contributed by atoms with Gasteiger partial charge < -0.3 is 18.9 Å². The number of likely N-dealkylation sites (tertiary alicyclic amines) is 1. The van der Waals surface area contributed by atoms with E-state index >= 15 is 0 Å². The summed E-state index contributed by atoms with van der Waals surface area (Å²) >= 11 is 0. The third-order valence-electron chi connectivity index (χ3n) is 5.13. The molecule has 0 saturated carbocycles. The van der Waals surface area contributed by atoms with Crippen LogP contribution in [0.1, 0.15) is 87.0 Å². The molecule has 4 atom stereocenters. The topological polar surface area (TPSA) is 57.2 Å². The molecule has 29 heavy (non-hydrogen) atoms. The Bertz CT molecular complexity index is 451. The fraction of sp³-hybridized carbons (Fsp3) is 0.957. The minimum atomic E-state index is -0.551. The molecule has 1 fully saturated rings. The second-order valence-corrected chi connectivity index (χ2v) is 9.00. The molecule has 1 saturated heterocycles.